The van der Waals surface area contributed by atoms with E-state index in [-0.39, 0.29) is 5.84 Å². The summed E-state index contributed by atoms with van der Waals surface area (Å²) in [5.41, 5.74) is 3.56. The standard InChI is InChI=1S/C15H14F7N3O/c1-12(2)7-8-5-3-4-6-9(8)10(23-12)24-25-11(26)13(16,17)14(18,19)15(20,21)22/h3-6H,7H2,1-2H3,(H,23,24)(H,25,26). The van der Waals surface area contributed by atoms with Crippen molar-refractivity contribution < 1.29 is 35.5 Å². The number of nitrogens with zero attached hydrogens (tertiary/aromatic N) is 1. The van der Waals surface area contributed by atoms with E-state index in [2.05, 4.69) is 4.99 Å². The molecule has 0 saturated heterocycles. The van der Waals surface area contributed by atoms with Crippen molar-refractivity contribution in [3.8, 4) is 0 Å². The second-order valence-corrected chi connectivity index (χ2v) is 6.33. The number of fused-ring (bicyclic) bond motifs is 1. The highest BCUT2D eigenvalue weighted by molar-refractivity contribution is 6.02. The van der Waals surface area contributed by atoms with Crippen LogP contribution in [0.4, 0.5) is 30.7 Å². The van der Waals surface area contributed by atoms with E-state index in [9.17, 15) is 35.5 Å². The number of benzene rings is 1. The fourth-order valence-corrected chi connectivity index (χ4v) is 2.38. The molecule has 1 aliphatic heterocycles. The molecule has 1 aromatic carbocycles. The summed E-state index contributed by atoms with van der Waals surface area (Å²) < 4.78 is 88.8. The Hall–Kier alpha value is -2.33. The molecule has 2 N–H and O–H groups in total. The molecular weight excluding hydrogens is 371 g/mol. The number of hydrogen-bond acceptors (Lipinski definition) is 3. The summed E-state index contributed by atoms with van der Waals surface area (Å²) in [4.78, 5) is 15.5. The molecule has 11 heteroatoms. The highest BCUT2D eigenvalue weighted by atomic mass is 19.4. The lowest BCUT2D eigenvalue weighted by Gasteiger charge is -2.30. The van der Waals surface area contributed by atoms with Gasteiger partial charge in [0.15, 0.2) is 0 Å². The monoisotopic (exact) mass is 385 g/mol. The number of carbonyl (C=O) groups is 1. The topological polar surface area (TPSA) is 53.5 Å². The molecule has 1 aliphatic rings. The number of halogens is 7. The average molecular weight is 385 g/mol. The molecular formula is C15H14F7N3O. The largest absolute Gasteiger partial charge is 0.460 e. The van der Waals surface area contributed by atoms with Crippen LogP contribution in [0.5, 0.6) is 0 Å². The Morgan fingerprint density at radius 3 is 2.23 bits per heavy atom. The Morgan fingerprint density at radius 1 is 1.08 bits per heavy atom. The van der Waals surface area contributed by atoms with Crippen LogP contribution in [0.25, 0.3) is 0 Å². The molecule has 4 nitrogen and oxygen atoms in total. The Morgan fingerprint density at radius 2 is 1.65 bits per heavy atom. The SMILES string of the molecule is CC1(C)Cc2ccccc2C(NNC(=O)C(F)(F)C(F)(F)C(F)(F)F)=N1. The third-order valence-electron chi connectivity index (χ3n) is 3.64. The van der Waals surface area contributed by atoms with E-state index in [0.29, 0.717) is 12.0 Å². The molecule has 0 aliphatic carbocycles. The maximum atomic E-state index is 13.3. The first kappa shape index (κ1) is 20.0. The molecule has 0 fully saturated rings. The van der Waals surface area contributed by atoms with Crippen molar-refractivity contribution in [1.29, 1.82) is 0 Å². The van der Waals surface area contributed by atoms with Gasteiger partial charge in [-0.05, 0) is 25.8 Å². The van der Waals surface area contributed by atoms with Crippen LogP contribution in [0.15, 0.2) is 29.3 Å². The predicted octanol–water partition coefficient (Wildman–Crippen LogP) is 3.22. The number of nitrogens with one attached hydrogen (secondary N) is 2. The van der Waals surface area contributed by atoms with Crippen LogP contribution in [0.2, 0.25) is 0 Å². The molecule has 0 unspecified atom stereocenters. The van der Waals surface area contributed by atoms with Gasteiger partial charge in [0.1, 0.15) is 5.84 Å². The smallest absolute Gasteiger partial charge is 0.281 e. The lowest BCUT2D eigenvalue weighted by Crippen LogP contribution is -2.62. The molecule has 26 heavy (non-hydrogen) atoms. The van der Waals surface area contributed by atoms with Gasteiger partial charge in [0.25, 0.3) is 0 Å². The number of amides is 1. The summed E-state index contributed by atoms with van der Waals surface area (Å²) in [5, 5.41) is 0. The molecule has 0 spiro atoms. The Kier molecular flexibility index (Phi) is 4.71. The minimum absolute atomic E-state index is 0.128. The second kappa shape index (κ2) is 6.13. The van der Waals surface area contributed by atoms with Crippen LogP contribution in [0.3, 0.4) is 0 Å². The Balaban J connectivity index is 2.22. The molecule has 1 amide bonds. The van der Waals surface area contributed by atoms with Gasteiger partial charge in [-0.3, -0.25) is 20.6 Å². The van der Waals surface area contributed by atoms with Crippen LogP contribution in [0.1, 0.15) is 25.0 Å². The van der Waals surface area contributed by atoms with Gasteiger partial charge in [-0.15, -0.1) is 0 Å². The normalized spacial score (nSPS) is 17.2. The van der Waals surface area contributed by atoms with E-state index in [4.69, 9.17) is 0 Å². The number of alkyl halides is 7. The van der Waals surface area contributed by atoms with Crippen molar-refractivity contribution in [2.75, 3.05) is 0 Å². The van der Waals surface area contributed by atoms with Crippen LogP contribution in [-0.4, -0.2) is 35.3 Å². The van der Waals surface area contributed by atoms with Crippen molar-refractivity contribution in [3.05, 3.63) is 35.4 Å². The van der Waals surface area contributed by atoms with Crippen molar-refractivity contribution in [2.24, 2.45) is 4.99 Å². The lowest BCUT2D eigenvalue weighted by atomic mass is 9.89. The van der Waals surface area contributed by atoms with Gasteiger partial charge in [0, 0.05) is 5.56 Å². The van der Waals surface area contributed by atoms with Gasteiger partial charge in [-0.2, -0.15) is 30.7 Å². The molecule has 1 heterocycles. The summed E-state index contributed by atoms with van der Waals surface area (Å²) in [6, 6.07) is 6.53. The number of carbonyl (C=O) groups excluding carboxylic acids is 1. The van der Waals surface area contributed by atoms with Gasteiger partial charge in [0.05, 0.1) is 5.54 Å². The summed E-state index contributed by atoms with van der Waals surface area (Å²) in [7, 11) is 0. The molecule has 2 rings (SSSR count). The zero-order valence-corrected chi connectivity index (χ0v) is 13.5. The van der Waals surface area contributed by atoms with Crippen molar-refractivity contribution >= 4 is 11.7 Å². The van der Waals surface area contributed by atoms with Crippen molar-refractivity contribution in [1.82, 2.24) is 10.9 Å². The predicted molar refractivity (Wildman–Crippen MR) is 78.0 cm³/mol. The fourth-order valence-electron chi connectivity index (χ4n) is 2.38. The Labute approximate surface area is 143 Å². The van der Waals surface area contributed by atoms with Crippen molar-refractivity contribution in [2.45, 2.75) is 43.8 Å². The number of aliphatic imine (C=N–C) groups is 1. The summed E-state index contributed by atoms with van der Waals surface area (Å²) >= 11 is 0. The highest BCUT2D eigenvalue weighted by Gasteiger charge is 2.76. The maximum absolute atomic E-state index is 13.3. The number of amidine groups is 1. The average Bonchev–Trinajstić information content (AvgIpc) is 2.49. The zero-order valence-electron chi connectivity index (χ0n) is 13.5. The van der Waals surface area contributed by atoms with Crippen LogP contribution >= 0.6 is 0 Å². The van der Waals surface area contributed by atoms with E-state index in [1.807, 2.05) is 5.43 Å². The molecule has 144 valence electrons. The molecule has 0 bridgehead atoms. The second-order valence-electron chi connectivity index (χ2n) is 6.33. The van der Waals surface area contributed by atoms with E-state index < -0.39 is 29.5 Å². The number of hydrazine groups is 1. The van der Waals surface area contributed by atoms with Gasteiger partial charge >= 0.3 is 23.9 Å². The van der Waals surface area contributed by atoms with E-state index >= 15 is 0 Å². The van der Waals surface area contributed by atoms with Crippen LogP contribution in [-0.2, 0) is 11.2 Å². The Bertz CT molecular complexity index is 741. The third kappa shape index (κ3) is 3.47. The number of hydrogen-bond donors (Lipinski definition) is 2. The number of rotatable bonds is 2. The van der Waals surface area contributed by atoms with Crippen molar-refractivity contribution in [3.63, 3.8) is 0 Å². The van der Waals surface area contributed by atoms with E-state index in [1.165, 1.54) is 11.5 Å². The zero-order chi connectivity index (χ0) is 20.0. The third-order valence-corrected chi connectivity index (χ3v) is 3.64. The molecule has 0 aromatic heterocycles. The summed E-state index contributed by atoms with van der Waals surface area (Å²) in [6.45, 7) is 3.39. The highest BCUT2D eigenvalue weighted by Crippen LogP contribution is 2.46. The maximum Gasteiger partial charge on any atom is 0.460 e. The van der Waals surface area contributed by atoms with E-state index in [1.54, 1.807) is 32.0 Å². The molecule has 0 radical (unpaired) electrons. The van der Waals surface area contributed by atoms with Gasteiger partial charge in [-0.1, -0.05) is 24.3 Å². The van der Waals surface area contributed by atoms with Gasteiger partial charge < -0.3 is 0 Å². The summed E-state index contributed by atoms with van der Waals surface area (Å²) in [5.74, 6) is -15.5. The molecule has 1 aromatic rings. The van der Waals surface area contributed by atoms with Gasteiger partial charge in [0.2, 0.25) is 0 Å². The molecule has 0 atom stereocenters. The molecule has 0 saturated carbocycles. The van der Waals surface area contributed by atoms with Crippen LogP contribution < -0.4 is 10.9 Å². The minimum Gasteiger partial charge on any atom is -0.281 e. The quantitative estimate of drug-likeness (QED) is 0.607. The van der Waals surface area contributed by atoms with Gasteiger partial charge in [-0.25, -0.2) is 0 Å². The van der Waals surface area contributed by atoms with Crippen LogP contribution in [0, 0.1) is 0 Å². The summed E-state index contributed by atoms with van der Waals surface area (Å²) in [6.07, 6.45) is -6.12. The minimum atomic E-state index is -6.59. The first-order valence-corrected chi connectivity index (χ1v) is 7.26. The first-order valence-electron chi connectivity index (χ1n) is 7.26. The first-order chi connectivity index (χ1) is 11.7. The fraction of sp³-hybridized carbons (Fsp3) is 0.467. The lowest BCUT2D eigenvalue weighted by molar-refractivity contribution is -0.344. The van der Waals surface area contributed by atoms with E-state index in [0.717, 1.165) is 5.56 Å².